The molecule has 132 valence electrons. The second kappa shape index (κ2) is 6.74. The molecule has 25 heavy (non-hydrogen) atoms. The number of aromatic nitrogens is 1. The smallest absolute Gasteiger partial charge is 0.223 e. The molecule has 0 bridgehead atoms. The lowest BCUT2D eigenvalue weighted by Gasteiger charge is -2.33. The Morgan fingerprint density at radius 3 is 2.64 bits per heavy atom. The Morgan fingerprint density at radius 1 is 1.16 bits per heavy atom. The van der Waals surface area contributed by atoms with E-state index in [0.29, 0.717) is 11.8 Å². The molecule has 2 aliphatic carbocycles. The Morgan fingerprint density at radius 2 is 1.92 bits per heavy atom. The summed E-state index contributed by atoms with van der Waals surface area (Å²) in [7, 11) is 0. The maximum absolute atomic E-state index is 13.7. The van der Waals surface area contributed by atoms with Gasteiger partial charge in [0.05, 0.1) is 5.52 Å². The van der Waals surface area contributed by atoms with Crippen molar-refractivity contribution in [1.29, 1.82) is 0 Å². The Labute approximate surface area is 148 Å². The lowest BCUT2D eigenvalue weighted by Crippen LogP contribution is -2.40. The van der Waals surface area contributed by atoms with E-state index in [4.69, 9.17) is 0 Å². The van der Waals surface area contributed by atoms with Gasteiger partial charge in [-0.25, -0.2) is 4.39 Å². The standard InChI is InChI=1S/C21H25FN2O/c1-13(24-21(25)16-6-7-16)14-2-4-15(5-3-14)18-10-11-23-20-9-8-17(22)12-19(18)20/h8-16H,2-7H2,1H3,(H,24,25)/t13-,14-,15+/m1/s1. The second-order valence-electron chi connectivity index (χ2n) is 7.74. The molecule has 0 unspecified atom stereocenters. The summed E-state index contributed by atoms with van der Waals surface area (Å²) in [5.41, 5.74) is 2.09. The van der Waals surface area contributed by atoms with Crippen molar-refractivity contribution in [2.45, 2.75) is 57.4 Å². The fourth-order valence-corrected chi connectivity index (χ4v) is 4.23. The van der Waals surface area contributed by atoms with Crippen LogP contribution in [0.1, 0.15) is 56.9 Å². The van der Waals surface area contributed by atoms with Crippen molar-refractivity contribution >= 4 is 16.8 Å². The van der Waals surface area contributed by atoms with Crippen molar-refractivity contribution in [3.8, 4) is 0 Å². The molecule has 1 aromatic heterocycles. The summed E-state index contributed by atoms with van der Waals surface area (Å²) in [5, 5.41) is 4.15. The molecular formula is C21H25FN2O. The van der Waals surface area contributed by atoms with Crippen LogP contribution in [0.3, 0.4) is 0 Å². The Bertz CT molecular complexity index is 779. The van der Waals surface area contributed by atoms with Crippen molar-refractivity contribution in [3.05, 3.63) is 41.8 Å². The van der Waals surface area contributed by atoms with Gasteiger partial charge in [0.1, 0.15) is 5.82 Å². The molecule has 0 radical (unpaired) electrons. The van der Waals surface area contributed by atoms with Crippen molar-refractivity contribution in [3.63, 3.8) is 0 Å². The fourth-order valence-electron chi connectivity index (χ4n) is 4.23. The van der Waals surface area contributed by atoms with E-state index in [9.17, 15) is 9.18 Å². The van der Waals surface area contributed by atoms with Gasteiger partial charge in [0.25, 0.3) is 0 Å². The van der Waals surface area contributed by atoms with Gasteiger partial charge in [0, 0.05) is 23.5 Å². The summed E-state index contributed by atoms with van der Waals surface area (Å²) in [6.45, 7) is 2.14. The minimum absolute atomic E-state index is 0.202. The van der Waals surface area contributed by atoms with E-state index in [2.05, 4.69) is 17.2 Å². The number of hydrogen-bond donors (Lipinski definition) is 1. The topological polar surface area (TPSA) is 42.0 Å². The number of pyridine rings is 1. The van der Waals surface area contributed by atoms with E-state index < -0.39 is 0 Å². The van der Waals surface area contributed by atoms with Crippen molar-refractivity contribution < 1.29 is 9.18 Å². The van der Waals surface area contributed by atoms with Crippen molar-refractivity contribution in [2.24, 2.45) is 11.8 Å². The maximum atomic E-state index is 13.7. The molecule has 1 aromatic carbocycles. The largest absolute Gasteiger partial charge is 0.353 e. The third kappa shape index (κ3) is 3.53. The fraction of sp³-hybridized carbons (Fsp3) is 0.524. The van der Waals surface area contributed by atoms with E-state index in [1.807, 2.05) is 12.3 Å². The summed E-state index contributed by atoms with van der Waals surface area (Å²) in [6, 6.07) is 7.14. The molecule has 1 atom stereocenters. The quantitative estimate of drug-likeness (QED) is 0.886. The van der Waals surface area contributed by atoms with Gasteiger partial charge in [-0.1, -0.05) is 0 Å². The summed E-state index contributed by atoms with van der Waals surface area (Å²) in [4.78, 5) is 16.3. The number of carbonyl (C=O) groups is 1. The highest BCUT2D eigenvalue weighted by atomic mass is 19.1. The van der Waals surface area contributed by atoms with Gasteiger partial charge < -0.3 is 5.32 Å². The van der Waals surface area contributed by atoms with Gasteiger partial charge in [-0.05, 0) is 87.1 Å². The van der Waals surface area contributed by atoms with Gasteiger partial charge in [-0.3, -0.25) is 9.78 Å². The molecule has 2 saturated carbocycles. The van der Waals surface area contributed by atoms with Gasteiger partial charge >= 0.3 is 0 Å². The third-order valence-electron chi connectivity index (χ3n) is 5.97. The summed E-state index contributed by atoms with van der Waals surface area (Å²) < 4.78 is 13.7. The van der Waals surface area contributed by atoms with Gasteiger partial charge in [-0.15, -0.1) is 0 Å². The van der Waals surface area contributed by atoms with Crippen LogP contribution in [0.4, 0.5) is 4.39 Å². The molecule has 2 aromatic rings. The number of nitrogens with one attached hydrogen (secondary N) is 1. The van der Waals surface area contributed by atoms with E-state index in [0.717, 1.165) is 49.4 Å². The highest BCUT2D eigenvalue weighted by Gasteiger charge is 2.33. The molecule has 1 amide bonds. The zero-order chi connectivity index (χ0) is 17.4. The lowest BCUT2D eigenvalue weighted by molar-refractivity contribution is -0.123. The zero-order valence-electron chi connectivity index (χ0n) is 14.7. The van der Waals surface area contributed by atoms with E-state index >= 15 is 0 Å². The lowest BCUT2D eigenvalue weighted by atomic mass is 9.75. The summed E-state index contributed by atoms with van der Waals surface area (Å²) in [5.74, 6) is 1.31. The van der Waals surface area contributed by atoms with Crippen LogP contribution in [0.5, 0.6) is 0 Å². The zero-order valence-corrected chi connectivity index (χ0v) is 14.7. The molecule has 2 aliphatic rings. The van der Waals surface area contributed by atoms with Gasteiger partial charge in [0.15, 0.2) is 0 Å². The minimum atomic E-state index is -0.202. The Hall–Kier alpha value is -1.97. The molecular weight excluding hydrogens is 315 g/mol. The van der Waals surface area contributed by atoms with Crippen molar-refractivity contribution in [1.82, 2.24) is 10.3 Å². The summed E-state index contributed by atoms with van der Waals surface area (Å²) >= 11 is 0. The molecule has 0 spiro atoms. The van der Waals surface area contributed by atoms with E-state index in [-0.39, 0.29) is 23.7 Å². The first-order chi connectivity index (χ1) is 12.1. The number of benzene rings is 1. The number of carbonyl (C=O) groups excluding carboxylic acids is 1. The number of fused-ring (bicyclic) bond motifs is 1. The third-order valence-corrected chi connectivity index (χ3v) is 5.97. The number of amides is 1. The average Bonchev–Trinajstić information content (AvgIpc) is 3.46. The first-order valence-electron chi connectivity index (χ1n) is 9.46. The number of nitrogens with zero attached hydrogens (tertiary/aromatic N) is 1. The molecule has 1 N–H and O–H groups in total. The minimum Gasteiger partial charge on any atom is -0.353 e. The number of halogens is 1. The molecule has 0 saturated heterocycles. The van der Waals surface area contributed by atoms with Gasteiger partial charge in [0.2, 0.25) is 5.91 Å². The molecule has 2 fully saturated rings. The molecule has 4 heteroatoms. The summed E-state index contributed by atoms with van der Waals surface area (Å²) in [6.07, 6.45) is 8.33. The van der Waals surface area contributed by atoms with Crippen LogP contribution in [0.15, 0.2) is 30.5 Å². The van der Waals surface area contributed by atoms with Gasteiger partial charge in [-0.2, -0.15) is 0 Å². The van der Waals surface area contributed by atoms with Crippen LogP contribution >= 0.6 is 0 Å². The number of hydrogen-bond acceptors (Lipinski definition) is 2. The van der Waals surface area contributed by atoms with Crippen LogP contribution in [-0.4, -0.2) is 16.9 Å². The normalized spacial score (nSPS) is 24.9. The first kappa shape index (κ1) is 16.5. The van der Waals surface area contributed by atoms with Crippen molar-refractivity contribution in [2.75, 3.05) is 0 Å². The van der Waals surface area contributed by atoms with Crippen LogP contribution in [0.25, 0.3) is 10.9 Å². The molecule has 0 aliphatic heterocycles. The highest BCUT2D eigenvalue weighted by Crippen LogP contribution is 2.39. The van der Waals surface area contributed by atoms with Crippen LogP contribution in [0.2, 0.25) is 0 Å². The van der Waals surface area contributed by atoms with E-state index in [1.165, 1.54) is 11.6 Å². The number of rotatable bonds is 4. The Kier molecular flexibility index (Phi) is 4.45. The second-order valence-corrected chi connectivity index (χ2v) is 7.74. The predicted molar refractivity (Wildman–Crippen MR) is 96.7 cm³/mol. The first-order valence-corrected chi connectivity index (χ1v) is 9.46. The molecule has 1 heterocycles. The molecule has 4 rings (SSSR count). The monoisotopic (exact) mass is 340 g/mol. The maximum Gasteiger partial charge on any atom is 0.223 e. The molecule has 3 nitrogen and oxygen atoms in total. The van der Waals surface area contributed by atoms with E-state index in [1.54, 1.807) is 12.1 Å². The predicted octanol–water partition coefficient (Wildman–Crippen LogP) is 4.56. The average molecular weight is 340 g/mol. The van der Waals surface area contributed by atoms with Crippen LogP contribution in [0, 0.1) is 17.7 Å². The van der Waals surface area contributed by atoms with Crippen LogP contribution in [-0.2, 0) is 4.79 Å². The highest BCUT2D eigenvalue weighted by molar-refractivity contribution is 5.82. The Balaban J connectivity index is 1.43. The SMILES string of the molecule is C[C@@H](NC(=O)C1CC1)[C@H]1CC[C@@H](c2ccnc3ccc(F)cc32)CC1. The van der Waals surface area contributed by atoms with Crippen LogP contribution < -0.4 is 5.32 Å².